The van der Waals surface area contributed by atoms with E-state index in [2.05, 4.69) is 38.2 Å². The van der Waals surface area contributed by atoms with Gasteiger partial charge in [0.15, 0.2) is 6.10 Å². The number of likely N-dealkylation sites (N-methyl/N-ethyl adjacent to an activating group) is 1. The number of hydrogen-bond acceptors (Lipinski definition) is 7. The van der Waals surface area contributed by atoms with Gasteiger partial charge in [-0.05, 0) is 44.9 Å². The van der Waals surface area contributed by atoms with Crippen molar-refractivity contribution in [1.82, 2.24) is 0 Å². The van der Waals surface area contributed by atoms with Crippen molar-refractivity contribution in [2.45, 2.75) is 258 Å². The molecule has 10 heteroatoms. The average molecular weight is 913 g/mol. The highest BCUT2D eigenvalue weighted by molar-refractivity contribution is 7.47. The Labute approximate surface area is 389 Å². The molecule has 0 radical (unpaired) electrons. The van der Waals surface area contributed by atoms with Crippen molar-refractivity contribution in [3.63, 3.8) is 0 Å². The summed E-state index contributed by atoms with van der Waals surface area (Å²) in [7, 11) is 1.47. The quantitative estimate of drug-likeness (QED) is 0.0211. The van der Waals surface area contributed by atoms with E-state index < -0.39 is 32.5 Å². The van der Waals surface area contributed by atoms with Gasteiger partial charge in [0, 0.05) is 12.8 Å². The summed E-state index contributed by atoms with van der Waals surface area (Å²) >= 11 is 0. The fraction of sp³-hybridized carbons (Fsp3) is 0.887. The second-order valence-corrected chi connectivity index (χ2v) is 20.7. The summed E-state index contributed by atoms with van der Waals surface area (Å²) in [6.07, 6.45) is 52.5. The third-order valence-corrected chi connectivity index (χ3v) is 12.7. The van der Waals surface area contributed by atoms with Gasteiger partial charge in [-0.1, -0.05) is 218 Å². The van der Waals surface area contributed by atoms with E-state index in [4.69, 9.17) is 18.5 Å². The van der Waals surface area contributed by atoms with Crippen LogP contribution in [-0.4, -0.2) is 74.9 Å². The maximum atomic E-state index is 12.7. The summed E-state index contributed by atoms with van der Waals surface area (Å²) in [5, 5.41) is 0. The molecule has 63 heavy (non-hydrogen) atoms. The zero-order chi connectivity index (χ0) is 46.4. The second-order valence-electron chi connectivity index (χ2n) is 19.3. The molecule has 1 N–H and O–H groups in total. The number of carbonyl (C=O) groups is 2. The molecule has 0 amide bonds. The van der Waals surface area contributed by atoms with E-state index in [1.807, 2.05) is 21.1 Å². The number of allylic oxidation sites excluding steroid dienone is 4. The molecule has 1 unspecified atom stereocenters. The van der Waals surface area contributed by atoms with Crippen LogP contribution in [-0.2, 0) is 32.7 Å². The van der Waals surface area contributed by atoms with Gasteiger partial charge in [-0.15, -0.1) is 0 Å². The van der Waals surface area contributed by atoms with Crippen LogP contribution in [0.2, 0.25) is 0 Å². The van der Waals surface area contributed by atoms with Crippen LogP contribution >= 0.6 is 7.82 Å². The SMILES string of the molecule is CCCCCCCCCCCCCCCC/C=C/CC/C=C/CCCC(=O)OC[C@@H](COP(=O)(O)OCC[N+](C)(C)C)OC(=O)CCCCCCCCCCCCCCCCCC. The molecule has 0 saturated heterocycles. The van der Waals surface area contributed by atoms with Crippen LogP contribution in [0.5, 0.6) is 0 Å². The maximum Gasteiger partial charge on any atom is 0.472 e. The molecule has 0 saturated carbocycles. The maximum absolute atomic E-state index is 12.7. The monoisotopic (exact) mass is 913 g/mol. The summed E-state index contributed by atoms with van der Waals surface area (Å²) in [6, 6.07) is 0. The van der Waals surface area contributed by atoms with Crippen molar-refractivity contribution in [3.05, 3.63) is 24.3 Å². The minimum absolute atomic E-state index is 0.0285. The molecule has 0 aliphatic rings. The fourth-order valence-electron chi connectivity index (χ4n) is 7.57. The molecule has 9 nitrogen and oxygen atoms in total. The van der Waals surface area contributed by atoms with E-state index in [1.165, 1.54) is 180 Å². The predicted molar refractivity (Wildman–Crippen MR) is 266 cm³/mol. The van der Waals surface area contributed by atoms with Gasteiger partial charge in [-0.2, -0.15) is 0 Å². The third kappa shape index (κ3) is 49.8. The number of rotatable bonds is 49. The Hall–Kier alpha value is -1.51. The molecule has 0 aromatic heterocycles. The van der Waals surface area contributed by atoms with Gasteiger partial charge >= 0.3 is 19.8 Å². The van der Waals surface area contributed by atoms with E-state index in [0.717, 1.165) is 32.1 Å². The number of nitrogens with zero attached hydrogens (tertiary/aromatic N) is 1. The number of ether oxygens (including phenoxy) is 2. The normalized spacial score (nSPS) is 13.6. The summed E-state index contributed by atoms with van der Waals surface area (Å²) < 4.78 is 34.4. The minimum atomic E-state index is -4.38. The van der Waals surface area contributed by atoms with Crippen molar-refractivity contribution in [1.29, 1.82) is 0 Å². The molecular formula is C53H103NO8P+. The predicted octanol–water partition coefficient (Wildman–Crippen LogP) is 15.9. The standard InChI is InChI=1S/C53H102NO8P/c1-6-8-10-12-14-16-18-20-22-24-25-26-27-28-29-30-32-33-35-37-39-41-43-45-52(55)59-49-51(50-61-63(57,58)60-48-47-54(3,4)5)62-53(56)46-44-42-40-38-36-34-31-23-21-19-17-15-13-11-9-7-2/h30,32,37,39,51H,6-29,31,33-36,38,40-50H2,1-5H3/p+1/b32-30+,39-37+/t51-/m0/s1. The van der Waals surface area contributed by atoms with Gasteiger partial charge in [-0.25, -0.2) is 4.57 Å². The fourth-order valence-corrected chi connectivity index (χ4v) is 8.31. The zero-order valence-electron chi connectivity index (χ0n) is 42.1. The molecule has 0 aliphatic carbocycles. The number of phosphoric ester groups is 1. The minimum Gasteiger partial charge on any atom is -0.462 e. The molecule has 0 aromatic carbocycles. The number of unbranched alkanes of at least 4 members (excludes halogenated alkanes) is 31. The first-order valence-corrected chi connectivity index (χ1v) is 28.1. The van der Waals surface area contributed by atoms with Crippen LogP contribution in [0.25, 0.3) is 0 Å². The second kappa shape index (κ2) is 45.6. The largest absolute Gasteiger partial charge is 0.472 e. The lowest BCUT2D eigenvalue weighted by molar-refractivity contribution is -0.870. The number of esters is 2. The molecule has 0 fully saturated rings. The highest BCUT2D eigenvalue weighted by atomic mass is 31.2. The Bertz CT molecular complexity index is 1120. The topological polar surface area (TPSA) is 108 Å². The van der Waals surface area contributed by atoms with Crippen LogP contribution in [0, 0.1) is 0 Å². The Morgan fingerprint density at radius 3 is 1.27 bits per heavy atom. The summed E-state index contributed by atoms with van der Waals surface area (Å²) in [5.74, 6) is -0.835. The Kier molecular flexibility index (Phi) is 44.5. The molecule has 0 rings (SSSR count). The van der Waals surface area contributed by atoms with E-state index >= 15 is 0 Å². The third-order valence-electron chi connectivity index (χ3n) is 11.7. The van der Waals surface area contributed by atoms with Gasteiger partial charge < -0.3 is 18.9 Å². The zero-order valence-corrected chi connectivity index (χ0v) is 43.0. The van der Waals surface area contributed by atoms with Gasteiger partial charge in [0.25, 0.3) is 0 Å². The summed E-state index contributed by atoms with van der Waals surface area (Å²) in [5.41, 5.74) is 0. The summed E-state index contributed by atoms with van der Waals surface area (Å²) in [6.45, 7) is 4.43. The first-order chi connectivity index (χ1) is 30.5. The molecule has 372 valence electrons. The van der Waals surface area contributed by atoms with Crippen LogP contribution in [0.15, 0.2) is 24.3 Å². The highest BCUT2D eigenvalue weighted by Crippen LogP contribution is 2.43. The first kappa shape index (κ1) is 61.5. The Morgan fingerprint density at radius 1 is 0.476 bits per heavy atom. The van der Waals surface area contributed by atoms with E-state index in [-0.39, 0.29) is 26.1 Å². The van der Waals surface area contributed by atoms with Crippen LogP contribution in [0.4, 0.5) is 0 Å². The van der Waals surface area contributed by atoms with Crippen molar-refractivity contribution >= 4 is 19.8 Å². The number of quaternary nitrogens is 1. The lowest BCUT2D eigenvalue weighted by atomic mass is 10.0. The molecule has 0 heterocycles. The van der Waals surface area contributed by atoms with Gasteiger partial charge in [0.2, 0.25) is 0 Å². The van der Waals surface area contributed by atoms with Crippen LogP contribution < -0.4 is 0 Å². The average Bonchev–Trinajstić information content (AvgIpc) is 3.24. The van der Waals surface area contributed by atoms with Crippen LogP contribution in [0.3, 0.4) is 0 Å². The van der Waals surface area contributed by atoms with E-state index in [0.29, 0.717) is 23.9 Å². The van der Waals surface area contributed by atoms with E-state index in [1.54, 1.807) is 0 Å². The smallest absolute Gasteiger partial charge is 0.462 e. The van der Waals surface area contributed by atoms with Crippen molar-refractivity contribution in [3.8, 4) is 0 Å². The molecule has 2 atom stereocenters. The van der Waals surface area contributed by atoms with E-state index in [9.17, 15) is 19.0 Å². The lowest BCUT2D eigenvalue weighted by Gasteiger charge is -2.24. The first-order valence-electron chi connectivity index (χ1n) is 26.6. The van der Waals surface area contributed by atoms with Crippen molar-refractivity contribution in [2.75, 3.05) is 47.5 Å². The molecule has 0 aromatic rings. The molecule has 0 bridgehead atoms. The Morgan fingerprint density at radius 2 is 0.841 bits per heavy atom. The molecule has 0 spiro atoms. The lowest BCUT2D eigenvalue weighted by Crippen LogP contribution is -2.37. The van der Waals surface area contributed by atoms with Crippen LogP contribution in [0.1, 0.15) is 251 Å². The van der Waals surface area contributed by atoms with Crippen molar-refractivity contribution < 1.29 is 42.1 Å². The van der Waals surface area contributed by atoms with Gasteiger partial charge in [-0.3, -0.25) is 18.6 Å². The Balaban J connectivity index is 4.24. The number of phosphoric acid groups is 1. The van der Waals surface area contributed by atoms with Gasteiger partial charge in [0.05, 0.1) is 27.7 Å². The summed E-state index contributed by atoms with van der Waals surface area (Å²) in [4.78, 5) is 35.5. The molecular weight excluding hydrogens is 810 g/mol. The number of carbonyl (C=O) groups excluding carboxylic acids is 2. The van der Waals surface area contributed by atoms with Gasteiger partial charge in [0.1, 0.15) is 19.8 Å². The van der Waals surface area contributed by atoms with Crippen molar-refractivity contribution in [2.24, 2.45) is 0 Å². The highest BCUT2D eigenvalue weighted by Gasteiger charge is 2.27. The number of hydrogen-bond donors (Lipinski definition) is 1. The molecule has 0 aliphatic heterocycles.